The van der Waals surface area contributed by atoms with E-state index >= 15 is 0 Å². The molecule has 26 heavy (non-hydrogen) atoms. The number of carbonyl (C=O) groups is 2. The van der Waals surface area contributed by atoms with Crippen molar-refractivity contribution in [3.05, 3.63) is 36.1 Å². The average Bonchev–Trinajstić information content (AvgIpc) is 3.29. The molecular weight excluding hydrogens is 338 g/mol. The third-order valence-corrected chi connectivity index (χ3v) is 4.56. The molecule has 0 N–H and O–H groups in total. The molecule has 1 aromatic rings. The Morgan fingerprint density at radius 3 is 2.73 bits per heavy atom. The second-order valence-electron chi connectivity index (χ2n) is 6.24. The van der Waals surface area contributed by atoms with Crippen LogP contribution >= 0.6 is 0 Å². The van der Waals surface area contributed by atoms with Crippen molar-refractivity contribution in [2.75, 3.05) is 27.4 Å². The summed E-state index contributed by atoms with van der Waals surface area (Å²) in [6, 6.07) is 6.50. The third-order valence-electron chi connectivity index (χ3n) is 4.56. The number of carbonyl (C=O) groups excluding carboxylic acids is 2. The van der Waals surface area contributed by atoms with E-state index in [1.807, 2.05) is 12.1 Å². The lowest BCUT2D eigenvalue weighted by molar-refractivity contribution is -0.152. The molecule has 0 radical (unpaired) electrons. The van der Waals surface area contributed by atoms with E-state index in [1.165, 1.54) is 18.1 Å². The van der Waals surface area contributed by atoms with Gasteiger partial charge in [0.1, 0.15) is 11.8 Å². The quantitative estimate of drug-likeness (QED) is 0.691. The highest BCUT2D eigenvalue weighted by atomic mass is 16.5. The van der Waals surface area contributed by atoms with Crippen molar-refractivity contribution in [1.82, 2.24) is 4.90 Å². The van der Waals surface area contributed by atoms with Gasteiger partial charge in [0.25, 0.3) is 5.91 Å². The van der Waals surface area contributed by atoms with E-state index in [9.17, 15) is 9.59 Å². The minimum absolute atomic E-state index is 0.0360. The Balaban J connectivity index is 1.70. The number of ether oxygens (including phenoxy) is 4. The number of nitrogens with zero attached hydrogens (tertiary/aromatic N) is 1. The Kier molecular flexibility index (Phi) is 5.78. The van der Waals surface area contributed by atoms with Gasteiger partial charge in [0.05, 0.1) is 26.9 Å². The molecule has 140 valence electrons. The van der Waals surface area contributed by atoms with E-state index in [0.29, 0.717) is 30.3 Å². The normalized spacial score (nSPS) is 20.7. The summed E-state index contributed by atoms with van der Waals surface area (Å²) in [5, 5.41) is 0. The van der Waals surface area contributed by atoms with Gasteiger partial charge in [-0.05, 0) is 25.0 Å². The number of amides is 1. The molecule has 2 atom stereocenters. The first kappa shape index (κ1) is 18.3. The summed E-state index contributed by atoms with van der Waals surface area (Å²) in [4.78, 5) is 26.2. The maximum Gasteiger partial charge on any atom is 0.328 e. The Labute approximate surface area is 152 Å². The molecule has 1 saturated heterocycles. The molecule has 0 bridgehead atoms. The lowest BCUT2D eigenvalue weighted by atomic mass is 10.1. The second-order valence-corrected chi connectivity index (χ2v) is 6.24. The van der Waals surface area contributed by atoms with E-state index in [4.69, 9.17) is 18.9 Å². The summed E-state index contributed by atoms with van der Waals surface area (Å²) in [6.45, 7) is 0.885. The van der Waals surface area contributed by atoms with Crippen LogP contribution in [0, 0.1) is 0 Å². The van der Waals surface area contributed by atoms with Crippen molar-refractivity contribution in [3.8, 4) is 11.5 Å². The molecule has 1 aromatic carbocycles. The van der Waals surface area contributed by atoms with E-state index in [2.05, 4.69) is 0 Å². The number of hydrogen-bond acceptors (Lipinski definition) is 6. The summed E-state index contributed by atoms with van der Waals surface area (Å²) >= 11 is 0. The fourth-order valence-electron chi connectivity index (χ4n) is 3.25. The molecule has 0 aliphatic carbocycles. The van der Waals surface area contributed by atoms with Crippen molar-refractivity contribution < 1.29 is 28.5 Å². The monoisotopic (exact) mass is 361 g/mol. The van der Waals surface area contributed by atoms with Gasteiger partial charge in [-0.2, -0.15) is 0 Å². The molecule has 1 fully saturated rings. The van der Waals surface area contributed by atoms with Gasteiger partial charge in [0, 0.05) is 19.1 Å². The molecule has 0 aromatic heterocycles. The third kappa shape index (κ3) is 3.99. The SMILES string of the molecule is COC(=O)C(CC1CCCO1)N1CC(Oc2ccccc2OC)=CC1=O. The first-order chi connectivity index (χ1) is 12.6. The summed E-state index contributed by atoms with van der Waals surface area (Å²) < 4.78 is 21.6. The van der Waals surface area contributed by atoms with Crippen molar-refractivity contribution in [3.63, 3.8) is 0 Å². The highest BCUT2D eigenvalue weighted by molar-refractivity contribution is 5.94. The van der Waals surface area contributed by atoms with Crippen molar-refractivity contribution in [2.45, 2.75) is 31.4 Å². The van der Waals surface area contributed by atoms with Gasteiger partial charge in [-0.1, -0.05) is 12.1 Å². The van der Waals surface area contributed by atoms with Crippen LogP contribution in [0.15, 0.2) is 36.1 Å². The van der Waals surface area contributed by atoms with Crippen molar-refractivity contribution in [2.24, 2.45) is 0 Å². The van der Waals surface area contributed by atoms with Gasteiger partial charge in [-0.3, -0.25) is 4.79 Å². The summed E-state index contributed by atoms with van der Waals surface area (Å²) in [5.74, 6) is 0.831. The van der Waals surface area contributed by atoms with Crippen molar-refractivity contribution in [1.29, 1.82) is 0 Å². The van der Waals surface area contributed by atoms with Crippen LogP contribution in [0.4, 0.5) is 0 Å². The zero-order chi connectivity index (χ0) is 18.5. The molecule has 0 spiro atoms. The largest absolute Gasteiger partial charge is 0.493 e. The Bertz CT molecular complexity index is 695. The van der Waals surface area contributed by atoms with Crippen LogP contribution in [-0.4, -0.2) is 56.3 Å². The lowest BCUT2D eigenvalue weighted by Crippen LogP contribution is -2.45. The van der Waals surface area contributed by atoms with E-state index in [0.717, 1.165) is 12.8 Å². The van der Waals surface area contributed by atoms with Crippen LogP contribution in [-0.2, 0) is 19.1 Å². The van der Waals surface area contributed by atoms with E-state index in [1.54, 1.807) is 19.2 Å². The Morgan fingerprint density at radius 1 is 1.31 bits per heavy atom. The van der Waals surface area contributed by atoms with Crippen LogP contribution in [0.2, 0.25) is 0 Å². The van der Waals surface area contributed by atoms with Crippen molar-refractivity contribution >= 4 is 11.9 Å². The van der Waals surface area contributed by atoms with Gasteiger partial charge >= 0.3 is 5.97 Å². The number of para-hydroxylation sites is 2. The summed E-state index contributed by atoms with van der Waals surface area (Å²) in [6.07, 6.45) is 3.64. The minimum Gasteiger partial charge on any atom is -0.493 e. The molecular formula is C19H23NO6. The number of hydrogen-bond donors (Lipinski definition) is 0. The zero-order valence-corrected chi connectivity index (χ0v) is 15.0. The van der Waals surface area contributed by atoms with Gasteiger partial charge in [0.2, 0.25) is 0 Å². The van der Waals surface area contributed by atoms with Crippen LogP contribution in [0.25, 0.3) is 0 Å². The number of rotatable bonds is 7. The maximum atomic E-state index is 12.5. The number of methoxy groups -OCH3 is 2. The smallest absolute Gasteiger partial charge is 0.328 e. The lowest BCUT2D eigenvalue weighted by Gasteiger charge is -2.27. The molecule has 2 aliphatic heterocycles. The van der Waals surface area contributed by atoms with Gasteiger partial charge in [0.15, 0.2) is 11.5 Å². The summed E-state index contributed by atoms with van der Waals surface area (Å²) in [7, 11) is 2.88. The number of benzene rings is 1. The molecule has 2 heterocycles. The highest BCUT2D eigenvalue weighted by Crippen LogP contribution is 2.30. The first-order valence-electron chi connectivity index (χ1n) is 8.64. The maximum absolute atomic E-state index is 12.5. The molecule has 3 rings (SSSR count). The topological polar surface area (TPSA) is 74.3 Å². The fraction of sp³-hybridized carbons (Fsp3) is 0.474. The van der Waals surface area contributed by atoms with Crippen LogP contribution in [0.3, 0.4) is 0 Å². The van der Waals surface area contributed by atoms with Crippen LogP contribution in [0.1, 0.15) is 19.3 Å². The Hall–Kier alpha value is -2.54. The average molecular weight is 361 g/mol. The molecule has 2 unspecified atom stereocenters. The molecule has 1 amide bonds. The molecule has 2 aliphatic rings. The predicted octanol–water partition coefficient (Wildman–Crippen LogP) is 1.91. The van der Waals surface area contributed by atoms with Crippen LogP contribution in [0.5, 0.6) is 11.5 Å². The Morgan fingerprint density at radius 2 is 2.08 bits per heavy atom. The van der Waals surface area contributed by atoms with Gasteiger partial charge in [-0.25, -0.2) is 4.79 Å². The van der Waals surface area contributed by atoms with Crippen LogP contribution < -0.4 is 9.47 Å². The molecule has 7 nitrogen and oxygen atoms in total. The number of esters is 1. The summed E-state index contributed by atoms with van der Waals surface area (Å²) in [5.41, 5.74) is 0. The molecule has 7 heteroatoms. The second kappa shape index (κ2) is 8.23. The van der Waals surface area contributed by atoms with Gasteiger partial charge < -0.3 is 23.8 Å². The fourth-order valence-corrected chi connectivity index (χ4v) is 3.25. The zero-order valence-electron chi connectivity index (χ0n) is 15.0. The standard InChI is InChI=1S/C19H23NO6/c1-23-16-7-3-4-8-17(16)26-14-11-18(21)20(12-14)15(19(22)24-2)10-13-6-5-9-25-13/h3-4,7-8,11,13,15H,5-6,9-10,12H2,1-2H3. The highest BCUT2D eigenvalue weighted by Gasteiger charge is 2.37. The van der Waals surface area contributed by atoms with E-state index in [-0.39, 0.29) is 18.6 Å². The van der Waals surface area contributed by atoms with E-state index < -0.39 is 12.0 Å². The first-order valence-corrected chi connectivity index (χ1v) is 8.64. The molecule has 0 saturated carbocycles. The van der Waals surface area contributed by atoms with Gasteiger partial charge in [-0.15, -0.1) is 0 Å². The predicted molar refractivity (Wildman–Crippen MR) is 92.8 cm³/mol. The minimum atomic E-state index is -0.689.